The van der Waals surface area contributed by atoms with Gasteiger partial charge in [-0.3, -0.25) is 9.69 Å². The molecule has 0 aromatic heterocycles. The average molecular weight is 287 g/mol. The van der Waals surface area contributed by atoms with Crippen LogP contribution in [0.15, 0.2) is 30.3 Å². The van der Waals surface area contributed by atoms with E-state index >= 15 is 0 Å². The van der Waals surface area contributed by atoms with Crippen LogP contribution in [0.4, 0.5) is 0 Å². The molecule has 1 saturated carbocycles. The number of hydrogen-bond acceptors (Lipinski definition) is 3. The van der Waals surface area contributed by atoms with Crippen LogP contribution in [-0.2, 0) is 16.1 Å². The number of carbonyl (C=O) groups excluding carboxylic acids is 1. The number of piperidine rings is 1. The molecule has 2 bridgehead atoms. The molecular formula is C18H25NO2. The van der Waals surface area contributed by atoms with Gasteiger partial charge in [-0.2, -0.15) is 0 Å². The Morgan fingerprint density at radius 1 is 1.19 bits per heavy atom. The van der Waals surface area contributed by atoms with Crippen molar-refractivity contribution in [2.45, 2.75) is 32.7 Å². The number of fused-ring (bicyclic) bond motifs is 2. The third-order valence-electron chi connectivity index (χ3n) is 4.96. The number of rotatable bonds is 4. The van der Waals surface area contributed by atoms with Crippen LogP contribution in [0.2, 0.25) is 0 Å². The molecule has 0 N–H and O–H groups in total. The van der Waals surface area contributed by atoms with Crippen LogP contribution < -0.4 is 0 Å². The number of carbonyl (C=O) groups is 1. The standard InChI is InChI=1S/C18H25NO2/c1-2-21-18(20)17-15-9-6-10-16(17)13-19(12-15)11-14-7-4-3-5-8-14/h3-5,7-8,15-17H,2,6,9-13H2,1H3/t15-,16+,17?. The first-order valence-electron chi connectivity index (χ1n) is 8.21. The number of benzene rings is 1. The molecule has 1 heterocycles. The van der Waals surface area contributed by atoms with E-state index in [1.807, 2.05) is 6.92 Å². The monoisotopic (exact) mass is 287 g/mol. The fourth-order valence-corrected chi connectivity index (χ4v) is 4.13. The molecule has 3 rings (SSSR count). The zero-order valence-corrected chi connectivity index (χ0v) is 12.8. The number of ether oxygens (including phenoxy) is 1. The molecule has 1 aromatic rings. The van der Waals surface area contributed by atoms with E-state index in [4.69, 9.17) is 4.74 Å². The van der Waals surface area contributed by atoms with E-state index in [1.54, 1.807) is 0 Å². The summed E-state index contributed by atoms with van der Waals surface area (Å²) in [5, 5.41) is 0. The van der Waals surface area contributed by atoms with Crippen molar-refractivity contribution in [2.75, 3.05) is 19.7 Å². The summed E-state index contributed by atoms with van der Waals surface area (Å²) >= 11 is 0. The van der Waals surface area contributed by atoms with E-state index in [2.05, 4.69) is 35.2 Å². The molecule has 3 heteroatoms. The molecule has 0 radical (unpaired) electrons. The Morgan fingerprint density at radius 3 is 2.48 bits per heavy atom. The van der Waals surface area contributed by atoms with Crippen molar-refractivity contribution < 1.29 is 9.53 Å². The van der Waals surface area contributed by atoms with Crippen molar-refractivity contribution in [3.05, 3.63) is 35.9 Å². The third-order valence-corrected chi connectivity index (χ3v) is 4.96. The minimum Gasteiger partial charge on any atom is -0.466 e. The van der Waals surface area contributed by atoms with Crippen LogP contribution in [0, 0.1) is 17.8 Å². The van der Waals surface area contributed by atoms with Gasteiger partial charge in [0.05, 0.1) is 12.5 Å². The molecule has 3 atom stereocenters. The van der Waals surface area contributed by atoms with Crippen molar-refractivity contribution in [3.63, 3.8) is 0 Å². The van der Waals surface area contributed by atoms with E-state index in [0.717, 1.165) is 19.6 Å². The SMILES string of the molecule is CCOC(=O)C1[C@@H]2CCC[C@H]1CN(Cc1ccccc1)C2. The van der Waals surface area contributed by atoms with Gasteiger partial charge >= 0.3 is 5.97 Å². The van der Waals surface area contributed by atoms with Gasteiger partial charge in [0.2, 0.25) is 0 Å². The van der Waals surface area contributed by atoms with Crippen molar-refractivity contribution in [1.82, 2.24) is 4.90 Å². The molecule has 114 valence electrons. The quantitative estimate of drug-likeness (QED) is 0.797. The molecule has 1 aliphatic carbocycles. The molecule has 1 saturated heterocycles. The Morgan fingerprint density at radius 2 is 1.86 bits per heavy atom. The number of likely N-dealkylation sites (tertiary alicyclic amines) is 1. The van der Waals surface area contributed by atoms with Gasteiger partial charge in [-0.1, -0.05) is 36.8 Å². The van der Waals surface area contributed by atoms with Crippen LogP contribution in [0.1, 0.15) is 31.7 Å². The lowest BCUT2D eigenvalue weighted by Gasteiger charge is -2.46. The Kier molecular flexibility index (Phi) is 4.59. The maximum Gasteiger partial charge on any atom is 0.309 e. The lowest BCUT2D eigenvalue weighted by molar-refractivity contribution is -0.157. The van der Waals surface area contributed by atoms with E-state index in [9.17, 15) is 4.79 Å². The summed E-state index contributed by atoms with van der Waals surface area (Å²) in [6.07, 6.45) is 3.61. The van der Waals surface area contributed by atoms with Crippen molar-refractivity contribution in [3.8, 4) is 0 Å². The minimum atomic E-state index is 0.0477. The second kappa shape index (κ2) is 6.61. The van der Waals surface area contributed by atoms with Gasteiger partial charge in [0.15, 0.2) is 0 Å². The third kappa shape index (κ3) is 3.29. The van der Waals surface area contributed by atoms with E-state index in [0.29, 0.717) is 18.4 Å². The van der Waals surface area contributed by atoms with Crippen molar-refractivity contribution in [2.24, 2.45) is 17.8 Å². The van der Waals surface area contributed by atoms with Gasteiger partial charge in [-0.25, -0.2) is 0 Å². The smallest absolute Gasteiger partial charge is 0.309 e. The Balaban J connectivity index is 1.67. The lowest BCUT2D eigenvalue weighted by Crippen LogP contribution is -2.51. The van der Waals surface area contributed by atoms with Crippen LogP contribution in [0.5, 0.6) is 0 Å². The first kappa shape index (κ1) is 14.6. The molecule has 21 heavy (non-hydrogen) atoms. The maximum absolute atomic E-state index is 12.2. The summed E-state index contributed by atoms with van der Waals surface area (Å²) in [5.41, 5.74) is 1.37. The minimum absolute atomic E-state index is 0.0477. The van der Waals surface area contributed by atoms with Crippen LogP contribution >= 0.6 is 0 Å². The molecule has 2 aliphatic rings. The fraction of sp³-hybridized carbons (Fsp3) is 0.611. The second-order valence-electron chi connectivity index (χ2n) is 6.41. The highest BCUT2D eigenvalue weighted by atomic mass is 16.5. The number of hydrogen-bond donors (Lipinski definition) is 0. The normalized spacial score (nSPS) is 29.1. The molecule has 0 amide bonds. The van der Waals surface area contributed by atoms with Crippen molar-refractivity contribution >= 4 is 5.97 Å². The van der Waals surface area contributed by atoms with E-state index in [1.165, 1.54) is 24.8 Å². The Labute approximate surface area is 127 Å². The molecule has 2 fully saturated rings. The summed E-state index contributed by atoms with van der Waals surface area (Å²) in [4.78, 5) is 14.8. The Hall–Kier alpha value is -1.35. The first-order chi connectivity index (χ1) is 10.3. The molecule has 0 spiro atoms. The lowest BCUT2D eigenvalue weighted by atomic mass is 9.69. The highest BCUT2D eigenvalue weighted by Crippen LogP contribution is 2.40. The summed E-state index contributed by atoms with van der Waals surface area (Å²) in [7, 11) is 0. The summed E-state index contributed by atoms with van der Waals surface area (Å²) in [5.74, 6) is 1.16. The predicted octanol–water partition coefficient (Wildman–Crippen LogP) is 3.10. The predicted molar refractivity (Wildman–Crippen MR) is 82.7 cm³/mol. The zero-order valence-electron chi connectivity index (χ0n) is 12.8. The van der Waals surface area contributed by atoms with Gasteiger partial charge in [0.1, 0.15) is 0 Å². The molecule has 1 aromatic carbocycles. The van der Waals surface area contributed by atoms with Gasteiger partial charge in [0, 0.05) is 19.6 Å². The number of esters is 1. The maximum atomic E-state index is 12.2. The first-order valence-corrected chi connectivity index (χ1v) is 8.21. The summed E-state index contributed by atoms with van der Waals surface area (Å²) in [6.45, 7) is 5.48. The highest BCUT2D eigenvalue weighted by molar-refractivity contribution is 5.73. The van der Waals surface area contributed by atoms with Crippen molar-refractivity contribution in [1.29, 1.82) is 0 Å². The number of nitrogens with zero attached hydrogens (tertiary/aromatic N) is 1. The summed E-state index contributed by atoms with van der Waals surface area (Å²) in [6, 6.07) is 10.6. The second-order valence-corrected chi connectivity index (χ2v) is 6.41. The van der Waals surface area contributed by atoms with E-state index < -0.39 is 0 Å². The van der Waals surface area contributed by atoms with Crippen LogP contribution in [-0.4, -0.2) is 30.6 Å². The highest BCUT2D eigenvalue weighted by Gasteiger charge is 2.43. The molecule has 1 unspecified atom stereocenters. The van der Waals surface area contributed by atoms with Crippen LogP contribution in [0.25, 0.3) is 0 Å². The average Bonchev–Trinajstić information content (AvgIpc) is 2.47. The molecular weight excluding hydrogens is 262 g/mol. The molecule has 1 aliphatic heterocycles. The van der Waals surface area contributed by atoms with Gasteiger partial charge < -0.3 is 4.74 Å². The van der Waals surface area contributed by atoms with E-state index in [-0.39, 0.29) is 11.9 Å². The largest absolute Gasteiger partial charge is 0.466 e. The molecule has 3 nitrogen and oxygen atoms in total. The topological polar surface area (TPSA) is 29.5 Å². The zero-order chi connectivity index (χ0) is 14.7. The van der Waals surface area contributed by atoms with Crippen LogP contribution in [0.3, 0.4) is 0 Å². The Bertz CT molecular complexity index is 459. The fourth-order valence-electron chi connectivity index (χ4n) is 4.13. The van der Waals surface area contributed by atoms with Gasteiger partial charge in [-0.15, -0.1) is 0 Å². The van der Waals surface area contributed by atoms with Gasteiger partial charge in [0.25, 0.3) is 0 Å². The summed E-state index contributed by atoms with van der Waals surface area (Å²) < 4.78 is 5.31. The van der Waals surface area contributed by atoms with Gasteiger partial charge in [-0.05, 0) is 37.2 Å².